The molecule has 6 nitrogen and oxygen atoms in total. The summed E-state index contributed by atoms with van der Waals surface area (Å²) < 4.78 is 23.5. The number of nitrogens with zero attached hydrogens (tertiary/aromatic N) is 2. The van der Waals surface area contributed by atoms with Crippen LogP contribution in [0.2, 0.25) is 0 Å². The Hall–Kier alpha value is -3.67. The van der Waals surface area contributed by atoms with E-state index >= 15 is 0 Å². The third-order valence-corrected chi connectivity index (χ3v) is 6.86. The number of methoxy groups -OCH3 is 2. The monoisotopic (exact) mass is 486 g/mol. The lowest BCUT2D eigenvalue weighted by molar-refractivity contribution is -0.0209. The lowest BCUT2D eigenvalue weighted by Crippen LogP contribution is -2.33. The van der Waals surface area contributed by atoms with Crippen LogP contribution in [0, 0.1) is 0 Å². The first kappa shape index (κ1) is 24.0. The SMILES string of the molecule is CCCCCCOc1ccc([C@H]2Oc3c(OC)cccc3[C@H]3CC(c4ccc(OC)cc4)=NN32)cc1. The molecule has 6 heteroatoms. The molecule has 0 saturated heterocycles. The van der Waals surface area contributed by atoms with E-state index in [1.807, 2.05) is 36.4 Å². The van der Waals surface area contributed by atoms with Crippen LogP contribution in [0.15, 0.2) is 71.8 Å². The molecule has 188 valence electrons. The minimum atomic E-state index is -0.367. The van der Waals surface area contributed by atoms with Crippen molar-refractivity contribution in [2.75, 3.05) is 20.8 Å². The topological polar surface area (TPSA) is 52.5 Å². The van der Waals surface area contributed by atoms with Crippen LogP contribution in [0.5, 0.6) is 23.0 Å². The van der Waals surface area contributed by atoms with Crippen LogP contribution in [-0.2, 0) is 0 Å². The van der Waals surface area contributed by atoms with Crippen molar-refractivity contribution in [3.05, 3.63) is 83.4 Å². The van der Waals surface area contributed by atoms with Crippen LogP contribution in [-0.4, -0.2) is 31.5 Å². The van der Waals surface area contributed by atoms with Gasteiger partial charge in [0.15, 0.2) is 11.5 Å². The van der Waals surface area contributed by atoms with E-state index in [2.05, 4.69) is 42.3 Å². The smallest absolute Gasteiger partial charge is 0.214 e. The summed E-state index contributed by atoms with van der Waals surface area (Å²) in [6.07, 6.45) is 5.18. The van der Waals surface area contributed by atoms with E-state index < -0.39 is 0 Å². The van der Waals surface area contributed by atoms with Crippen molar-refractivity contribution in [3.63, 3.8) is 0 Å². The minimum Gasteiger partial charge on any atom is -0.497 e. The Kier molecular flexibility index (Phi) is 7.31. The Labute approximate surface area is 213 Å². The minimum absolute atomic E-state index is 0.0560. The van der Waals surface area contributed by atoms with Crippen molar-refractivity contribution >= 4 is 5.71 Å². The van der Waals surface area contributed by atoms with E-state index in [4.69, 9.17) is 24.0 Å². The van der Waals surface area contributed by atoms with Gasteiger partial charge in [-0.15, -0.1) is 0 Å². The molecular weight excluding hydrogens is 452 g/mol. The predicted octanol–water partition coefficient (Wildman–Crippen LogP) is 6.91. The van der Waals surface area contributed by atoms with Gasteiger partial charge in [0.25, 0.3) is 0 Å². The van der Waals surface area contributed by atoms with Gasteiger partial charge in [-0.2, -0.15) is 5.10 Å². The van der Waals surface area contributed by atoms with E-state index in [1.165, 1.54) is 19.3 Å². The predicted molar refractivity (Wildman–Crippen MR) is 141 cm³/mol. The lowest BCUT2D eigenvalue weighted by atomic mass is 9.95. The molecule has 0 saturated carbocycles. The molecule has 2 aliphatic rings. The highest BCUT2D eigenvalue weighted by molar-refractivity contribution is 6.02. The highest BCUT2D eigenvalue weighted by Crippen LogP contribution is 2.50. The van der Waals surface area contributed by atoms with Crippen LogP contribution >= 0.6 is 0 Å². The summed E-state index contributed by atoms with van der Waals surface area (Å²) in [7, 11) is 3.36. The first-order valence-electron chi connectivity index (χ1n) is 12.8. The molecule has 0 unspecified atom stereocenters. The second-order valence-electron chi connectivity index (χ2n) is 9.20. The summed E-state index contributed by atoms with van der Waals surface area (Å²) in [6.45, 7) is 2.96. The number of hydrogen-bond donors (Lipinski definition) is 0. The van der Waals surface area contributed by atoms with Gasteiger partial charge in [0, 0.05) is 17.5 Å². The van der Waals surface area contributed by atoms with E-state index in [0.29, 0.717) is 0 Å². The van der Waals surface area contributed by atoms with Crippen molar-refractivity contribution in [2.45, 2.75) is 51.3 Å². The maximum atomic E-state index is 6.57. The first-order valence-corrected chi connectivity index (χ1v) is 12.8. The summed E-state index contributed by atoms with van der Waals surface area (Å²) in [5.41, 5.74) is 4.22. The Morgan fingerprint density at radius 3 is 2.39 bits per heavy atom. The number of fused-ring (bicyclic) bond motifs is 3. The molecule has 0 spiro atoms. The Morgan fingerprint density at radius 1 is 0.889 bits per heavy atom. The van der Waals surface area contributed by atoms with Gasteiger partial charge in [-0.05, 0) is 66.6 Å². The summed E-state index contributed by atoms with van der Waals surface area (Å²) in [6, 6.07) is 22.4. The summed E-state index contributed by atoms with van der Waals surface area (Å²) in [5.74, 6) is 3.24. The fraction of sp³-hybridized carbons (Fsp3) is 0.367. The summed E-state index contributed by atoms with van der Waals surface area (Å²) in [5, 5.41) is 7.15. The van der Waals surface area contributed by atoms with Crippen LogP contribution in [0.25, 0.3) is 0 Å². The van der Waals surface area contributed by atoms with Gasteiger partial charge in [0.2, 0.25) is 6.23 Å². The van der Waals surface area contributed by atoms with Crippen molar-refractivity contribution < 1.29 is 18.9 Å². The molecule has 0 fully saturated rings. The zero-order valence-corrected chi connectivity index (χ0v) is 21.3. The number of benzene rings is 3. The number of hydrogen-bond acceptors (Lipinski definition) is 6. The van der Waals surface area contributed by atoms with E-state index in [-0.39, 0.29) is 12.3 Å². The second kappa shape index (κ2) is 10.9. The third kappa shape index (κ3) is 4.85. The Balaban J connectivity index is 1.42. The van der Waals surface area contributed by atoms with Gasteiger partial charge >= 0.3 is 0 Å². The quantitative estimate of drug-likeness (QED) is 0.292. The zero-order valence-electron chi connectivity index (χ0n) is 21.3. The summed E-state index contributed by atoms with van der Waals surface area (Å²) >= 11 is 0. The molecular formula is C30H34N2O4. The second-order valence-corrected chi connectivity index (χ2v) is 9.20. The molecule has 0 aliphatic carbocycles. The van der Waals surface area contributed by atoms with Crippen LogP contribution in [0.3, 0.4) is 0 Å². The van der Waals surface area contributed by atoms with Gasteiger partial charge in [-0.25, -0.2) is 5.01 Å². The first-order chi connectivity index (χ1) is 17.7. The zero-order chi connectivity index (χ0) is 24.9. The van der Waals surface area contributed by atoms with Gasteiger partial charge in [-0.1, -0.05) is 38.3 Å². The molecule has 0 radical (unpaired) electrons. The van der Waals surface area contributed by atoms with Gasteiger partial charge in [-0.3, -0.25) is 0 Å². The molecule has 2 heterocycles. The van der Waals surface area contributed by atoms with Gasteiger partial charge in [0.05, 0.1) is 32.6 Å². The molecule has 0 N–H and O–H groups in total. The number of rotatable bonds is 10. The number of ether oxygens (including phenoxy) is 4. The highest BCUT2D eigenvalue weighted by Gasteiger charge is 2.42. The largest absolute Gasteiger partial charge is 0.497 e. The number of unbranched alkanes of at least 4 members (excludes halogenated alkanes) is 3. The van der Waals surface area contributed by atoms with Crippen molar-refractivity contribution in [3.8, 4) is 23.0 Å². The van der Waals surface area contributed by atoms with Crippen LogP contribution in [0.1, 0.15) is 68.0 Å². The van der Waals surface area contributed by atoms with Crippen LogP contribution < -0.4 is 18.9 Å². The Morgan fingerprint density at radius 2 is 1.67 bits per heavy atom. The lowest BCUT2D eigenvalue weighted by Gasteiger charge is -2.38. The average molecular weight is 487 g/mol. The number of para-hydroxylation sites is 1. The average Bonchev–Trinajstić information content (AvgIpc) is 3.38. The van der Waals surface area contributed by atoms with Gasteiger partial charge in [0.1, 0.15) is 11.5 Å². The van der Waals surface area contributed by atoms with Crippen molar-refractivity contribution in [2.24, 2.45) is 5.10 Å². The molecule has 0 aromatic heterocycles. The van der Waals surface area contributed by atoms with Crippen molar-refractivity contribution in [1.29, 1.82) is 0 Å². The van der Waals surface area contributed by atoms with E-state index in [0.717, 1.165) is 64.8 Å². The maximum absolute atomic E-state index is 6.57. The molecule has 3 aromatic rings. The molecule has 2 atom stereocenters. The van der Waals surface area contributed by atoms with E-state index in [9.17, 15) is 0 Å². The normalized spacial score (nSPS) is 18.1. The molecule has 2 aliphatic heterocycles. The highest BCUT2D eigenvalue weighted by atomic mass is 16.5. The third-order valence-electron chi connectivity index (χ3n) is 6.86. The van der Waals surface area contributed by atoms with Crippen LogP contribution in [0.4, 0.5) is 0 Å². The Bertz CT molecular complexity index is 1190. The van der Waals surface area contributed by atoms with Gasteiger partial charge < -0.3 is 18.9 Å². The fourth-order valence-corrected chi connectivity index (χ4v) is 4.87. The molecule has 5 rings (SSSR count). The standard InChI is InChI=1S/C30H34N2O4/c1-4-5-6-7-19-35-24-17-13-22(14-18-24)30-32-27(25-9-8-10-28(34-3)29(25)36-30)20-26(31-32)21-11-15-23(33-2)16-12-21/h8-18,27,30H,4-7,19-20H2,1-3H3/t27-,30-/m1/s1. The maximum Gasteiger partial charge on any atom is 0.214 e. The molecule has 36 heavy (non-hydrogen) atoms. The van der Waals surface area contributed by atoms with Crippen molar-refractivity contribution in [1.82, 2.24) is 5.01 Å². The van der Waals surface area contributed by atoms with E-state index in [1.54, 1.807) is 14.2 Å². The number of hydrazone groups is 1. The molecule has 0 amide bonds. The molecule has 0 bridgehead atoms. The fourth-order valence-electron chi connectivity index (χ4n) is 4.87. The molecule has 3 aromatic carbocycles. The summed E-state index contributed by atoms with van der Waals surface area (Å²) in [4.78, 5) is 0.